The van der Waals surface area contributed by atoms with E-state index in [1.165, 1.54) is 44.9 Å². The number of aliphatic hydroxyl groups excluding tert-OH is 2. The van der Waals surface area contributed by atoms with Gasteiger partial charge in [-0.2, -0.15) is 0 Å². The van der Waals surface area contributed by atoms with Crippen LogP contribution in [0.5, 0.6) is 0 Å². The molecule has 4 aliphatic carbocycles. The van der Waals surface area contributed by atoms with E-state index in [-0.39, 0.29) is 12.2 Å². The van der Waals surface area contributed by atoms with E-state index in [1.54, 1.807) is 0 Å². The zero-order valence-corrected chi connectivity index (χ0v) is 20.0. The Morgan fingerprint density at radius 3 is 2.24 bits per heavy atom. The van der Waals surface area contributed by atoms with Crippen LogP contribution in [0.3, 0.4) is 0 Å². The summed E-state index contributed by atoms with van der Waals surface area (Å²) in [6.07, 6.45) is 11.2. The fourth-order valence-corrected chi connectivity index (χ4v) is 9.86. The van der Waals surface area contributed by atoms with E-state index >= 15 is 0 Å². The first-order chi connectivity index (χ1) is 13.6. The molecule has 12 atom stereocenters. The Hall–Kier alpha value is -0.0800. The minimum Gasteiger partial charge on any atom is -0.393 e. The van der Waals surface area contributed by atoms with Gasteiger partial charge in [0.15, 0.2) is 0 Å². The standard InChI is InChI=1S/C27H48O2/c1-7-19-23-14-16(2)10-12-27(23,6)22-11-13-26(5)20(17(3)15-18(4)28)8-9-21(26)24(22)25(19)29/h16-25,28-29H,7-15H2,1-6H3/t16-,17-,18+,19-,20-,21?,22?,23+,24?,25?,26-,27-/m1/s1. The van der Waals surface area contributed by atoms with Crippen molar-refractivity contribution in [1.29, 1.82) is 0 Å². The largest absolute Gasteiger partial charge is 0.393 e. The van der Waals surface area contributed by atoms with Gasteiger partial charge in [-0.15, -0.1) is 0 Å². The summed E-state index contributed by atoms with van der Waals surface area (Å²) in [6, 6.07) is 0. The molecule has 168 valence electrons. The van der Waals surface area contributed by atoms with Crippen molar-refractivity contribution in [2.24, 2.45) is 58.2 Å². The molecular weight excluding hydrogens is 356 g/mol. The average Bonchev–Trinajstić information content (AvgIpc) is 3.00. The minimum absolute atomic E-state index is 0.0937. The van der Waals surface area contributed by atoms with Crippen molar-refractivity contribution in [2.75, 3.05) is 0 Å². The van der Waals surface area contributed by atoms with Crippen LogP contribution in [0, 0.1) is 58.2 Å². The third kappa shape index (κ3) is 3.34. The van der Waals surface area contributed by atoms with E-state index in [9.17, 15) is 10.2 Å². The Balaban J connectivity index is 1.65. The van der Waals surface area contributed by atoms with Gasteiger partial charge in [-0.05, 0) is 110 Å². The fraction of sp³-hybridized carbons (Fsp3) is 1.00. The molecule has 0 spiro atoms. The van der Waals surface area contributed by atoms with Gasteiger partial charge < -0.3 is 10.2 Å². The van der Waals surface area contributed by atoms with Gasteiger partial charge >= 0.3 is 0 Å². The van der Waals surface area contributed by atoms with E-state index in [4.69, 9.17) is 0 Å². The highest BCUT2D eigenvalue weighted by Gasteiger charge is 2.64. The highest BCUT2D eigenvalue weighted by molar-refractivity contribution is 5.13. The molecule has 4 aliphatic rings. The smallest absolute Gasteiger partial charge is 0.0605 e. The molecule has 4 unspecified atom stereocenters. The van der Waals surface area contributed by atoms with Gasteiger partial charge in [-0.25, -0.2) is 0 Å². The second-order valence-corrected chi connectivity index (χ2v) is 12.6. The fourth-order valence-electron chi connectivity index (χ4n) is 9.86. The molecule has 0 aromatic rings. The lowest BCUT2D eigenvalue weighted by Crippen LogP contribution is -2.61. The van der Waals surface area contributed by atoms with Crippen molar-refractivity contribution in [3.63, 3.8) is 0 Å². The van der Waals surface area contributed by atoms with E-state index < -0.39 is 0 Å². The van der Waals surface area contributed by atoms with Gasteiger partial charge in [-0.1, -0.05) is 47.5 Å². The highest BCUT2D eigenvalue weighted by atomic mass is 16.3. The Bertz CT molecular complexity index is 587. The lowest BCUT2D eigenvalue weighted by Gasteiger charge is -2.65. The van der Waals surface area contributed by atoms with Crippen LogP contribution < -0.4 is 0 Å². The molecule has 2 nitrogen and oxygen atoms in total. The van der Waals surface area contributed by atoms with Gasteiger partial charge in [0, 0.05) is 0 Å². The van der Waals surface area contributed by atoms with Crippen molar-refractivity contribution in [1.82, 2.24) is 0 Å². The van der Waals surface area contributed by atoms with Crippen molar-refractivity contribution in [3.05, 3.63) is 0 Å². The molecule has 4 saturated carbocycles. The summed E-state index contributed by atoms with van der Waals surface area (Å²) >= 11 is 0. The summed E-state index contributed by atoms with van der Waals surface area (Å²) in [5, 5.41) is 21.8. The molecule has 4 fully saturated rings. The van der Waals surface area contributed by atoms with Gasteiger partial charge in [0.05, 0.1) is 12.2 Å². The topological polar surface area (TPSA) is 40.5 Å². The number of fused-ring (bicyclic) bond motifs is 5. The summed E-state index contributed by atoms with van der Waals surface area (Å²) in [5.41, 5.74) is 0.807. The minimum atomic E-state index is -0.197. The highest BCUT2D eigenvalue weighted by Crippen LogP contribution is 2.69. The van der Waals surface area contributed by atoms with Crippen LogP contribution in [0.2, 0.25) is 0 Å². The van der Waals surface area contributed by atoms with Gasteiger partial charge in [0.1, 0.15) is 0 Å². The first kappa shape index (κ1) is 22.1. The molecule has 0 bridgehead atoms. The second-order valence-electron chi connectivity index (χ2n) is 12.6. The van der Waals surface area contributed by atoms with Crippen molar-refractivity contribution in [2.45, 2.75) is 112 Å². The van der Waals surface area contributed by atoms with Crippen LogP contribution in [0.1, 0.15) is 99.3 Å². The van der Waals surface area contributed by atoms with Crippen LogP contribution >= 0.6 is 0 Å². The molecule has 0 amide bonds. The summed E-state index contributed by atoms with van der Waals surface area (Å²) in [6.45, 7) is 14.3. The van der Waals surface area contributed by atoms with E-state index in [1.807, 2.05) is 6.92 Å². The lowest BCUT2D eigenvalue weighted by atomic mass is 9.41. The predicted octanol–water partition coefficient (Wildman–Crippen LogP) is 6.30. The normalized spacial score (nSPS) is 54.2. The third-order valence-corrected chi connectivity index (χ3v) is 11.2. The molecule has 0 heterocycles. The second kappa shape index (κ2) is 7.80. The number of hydrogen-bond acceptors (Lipinski definition) is 2. The Labute approximate surface area is 180 Å². The summed E-state index contributed by atoms with van der Waals surface area (Å²) < 4.78 is 0. The molecule has 2 heteroatoms. The van der Waals surface area contributed by atoms with Gasteiger partial charge in [0.25, 0.3) is 0 Å². The van der Waals surface area contributed by atoms with Crippen LogP contribution in [0.25, 0.3) is 0 Å². The molecule has 4 rings (SSSR count). The lowest BCUT2D eigenvalue weighted by molar-refractivity contribution is -0.198. The van der Waals surface area contributed by atoms with Crippen LogP contribution in [0.15, 0.2) is 0 Å². The number of aliphatic hydroxyl groups is 2. The zero-order valence-electron chi connectivity index (χ0n) is 20.0. The summed E-state index contributed by atoms with van der Waals surface area (Å²) in [5.74, 6) is 5.28. The maximum Gasteiger partial charge on any atom is 0.0605 e. The van der Waals surface area contributed by atoms with Gasteiger partial charge in [0.2, 0.25) is 0 Å². The monoisotopic (exact) mass is 404 g/mol. The summed E-state index contributed by atoms with van der Waals surface area (Å²) in [4.78, 5) is 0. The maximum absolute atomic E-state index is 11.8. The van der Waals surface area contributed by atoms with Crippen molar-refractivity contribution in [3.8, 4) is 0 Å². The van der Waals surface area contributed by atoms with Crippen LogP contribution in [0.4, 0.5) is 0 Å². The molecular formula is C27H48O2. The Morgan fingerprint density at radius 1 is 0.931 bits per heavy atom. The molecule has 0 aromatic carbocycles. The SMILES string of the molecule is CC[C@H]1C(O)C2C3CC[C@H]([C@H](C)C[C@H](C)O)[C@@]3(C)CCC2[C@@]2(C)CC[C@@H](C)C[C@@H]12. The van der Waals surface area contributed by atoms with Crippen LogP contribution in [-0.4, -0.2) is 22.4 Å². The molecule has 0 aliphatic heterocycles. The predicted molar refractivity (Wildman–Crippen MR) is 120 cm³/mol. The Kier molecular flexibility index (Phi) is 5.95. The first-order valence-electron chi connectivity index (χ1n) is 13.0. The summed E-state index contributed by atoms with van der Waals surface area (Å²) in [7, 11) is 0. The quantitative estimate of drug-likeness (QED) is 0.577. The number of hydrogen-bond donors (Lipinski definition) is 2. The van der Waals surface area contributed by atoms with E-state index in [0.717, 1.165) is 30.6 Å². The number of rotatable bonds is 4. The van der Waals surface area contributed by atoms with Crippen molar-refractivity contribution < 1.29 is 10.2 Å². The molecule has 0 saturated heterocycles. The Morgan fingerprint density at radius 2 is 1.59 bits per heavy atom. The van der Waals surface area contributed by atoms with Crippen molar-refractivity contribution >= 4 is 0 Å². The maximum atomic E-state index is 11.8. The van der Waals surface area contributed by atoms with E-state index in [2.05, 4.69) is 34.6 Å². The van der Waals surface area contributed by atoms with E-state index in [0.29, 0.717) is 40.4 Å². The third-order valence-electron chi connectivity index (χ3n) is 11.2. The zero-order chi connectivity index (χ0) is 21.1. The molecule has 0 radical (unpaired) electrons. The molecule has 2 N–H and O–H groups in total. The van der Waals surface area contributed by atoms with Crippen LogP contribution in [-0.2, 0) is 0 Å². The average molecular weight is 405 g/mol. The van der Waals surface area contributed by atoms with Gasteiger partial charge in [-0.3, -0.25) is 0 Å². The molecule has 29 heavy (non-hydrogen) atoms. The molecule has 0 aromatic heterocycles. The first-order valence-corrected chi connectivity index (χ1v) is 13.0.